The van der Waals surface area contributed by atoms with Crippen LogP contribution in [0.2, 0.25) is 0 Å². The molecule has 0 aromatic carbocycles. The third-order valence-corrected chi connectivity index (χ3v) is 7.39. The predicted octanol–water partition coefficient (Wildman–Crippen LogP) is 2.56. The predicted molar refractivity (Wildman–Crippen MR) is 124 cm³/mol. The minimum atomic E-state index is -0.459. The molecule has 1 aliphatic carbocycles. The van der Waals surface area contributed by atoms with Crippen LogP contribution in [0, 0.1) is 5.82 Å². The van der Waals surface area contributed by atoms with E-state index < -0.39 is 6.04 Å². The van der Waals surface area contributed by atoms with E-state index in [4.69, 9.17) is 0 Å². The maximum atomic E-state index is 14.3. The first-order chi connectivity index (χ1) is 16.5. The maximum absolute atomic E-state index is 14.3. The molecule has 3 aromatic heterocycles. The number of carbonyl (C=O) groups excluding carboxylic acids is 2. The summed E-state index contributed by atoms with van der Waals surface area (Å²) in [6.45, 7) is 0.875. The van der Waals surface area contributed by atoms with Crippen molar-refractivity contribution in [3.05, 3.63) is 53.0 Å². The molecule has 1 aliphatic heterocycles. The van der Waals surface area contributed by atoms with E-state index in [0.717, 1.165) is 24.1 Å². The molecule has 34 heavy (non-hydrogen) atoms. The number of nitrogens with zero attached hydrogens (tertiary/aromatic N) is 4. The number of nitrogens with one attached hydrogen (secondary N) is 3. The molecule has 0 bridgehead atoms. The van der Waals surface area contributed by atoms with Crippen molar-refractivity contribution in [2.45, 2.75) is 50.1 Å². The van der Waals surface area contributed by atoms with Gasteiger partial charge in [0.25, 0.3) is 0 Å². The Labute approximate surface area is 199 Å². The van der Waals surface area contributed by atoms with Gasteiger partial charge in [0.1, 0.15) is 28.4 Å². The molecule has 1 saturated carbocycles. The number of hydrogen-bond donors (Lipinski definition) is 3. The Balaban J connectivity index is 1.17. The Morgan fingerprint density at radius 1 is 1.24 bits per heavy atom. The molecule has 5 rings (SSSR count). The molecule has 2 fully saturated rings. The molecule has 0 spiro atoms. The average molecular weight is 482 g/mol. The van der Waals surface area contributed by atoms with Crippen LogP contribution in [0.4, 0.5) is 10.2 Å². The molecule has 2 aliphatic rings. The molecule has 3 aromatic rings. The molecule has 4 heterocycles. The van der Waals surface area contributed by atoms with Crippen molar-refractivity contribution in [1.82, 2.24) is 30.8 Å². The third kappa shape index (κ3) is 4.60. The highest BCUT2D eigenvalue weighted by Gasteiger charge is 2.41. The second-order valence-corrected chi connectivity index (χ2v) is 9.75. The van der Waals surface area contributed by atoms with Gasteiger partial charge in [0.2, 0.25) is 11.8 Å². The lowest BCUT2D eigenvalue weighted by atomic mass is 9.66. The molecule has 176 valence electrons. The molecular weight excluding hydrogens is 457 g/mol. The SMILES string of the molecule is O=C1CCC(C(=O)NCc2cnc(-c3ccc(NCC4(c5ncccc5F)CCC4)nn3)s2)N1. The number of carbonyl (C=O) groups is 2. The topological polar surface area (TPSA) is 122 Å². The van der Waals surface area contributed by atoms with Crippen molar-refractivity contribution < 1.29 is 14.0 Å². The van der Waals surface area contributed by atoms with Crippen LogP contribution < -0.4 is 16.0 Å². The third-order valence-electron chi connectivity index (χ3n) is 6.37. The summed E-state index contributed by atoms with van der Waals surface area (Å²) in [4.78, 5) is 33.0. The van der Waals surface area contributed by atoms with Gasteiger partial charge in [0.15, 0.2) is 0 Å². The van der Waals surface area contributed by atoms with Crippen molar-refractivity contribution >= 4 is 29.0 Å². The minimum Gasteiger partial charge on any atom is -0.368 e. The Kier molecular flexibility index (Phi) is 6.18. The first-order valence-corrected chi connectivity index (χ1v) is 12.0. The molecule has 1 unspecified atom stereocenters. The number of anilines is 1. The molecule has 1 atom stereocenters. The smallest absolute Gasteiger partial charge is 0.242 e. The van der Waals surface area contributed by atoms with Crippen molar-refractivity contribution in [2.24, 2.45) is 0 Å². The van der Waals surface area contributed by atoms with Crippen LogP contribution in [0.3, 0.4) is 0 Å². The van der Waals surface area contributed by atoms with Gasteiger partial charge in [0.05, 0.1) is 12.2 Å². The van der Waals surface area contributed by atoms with E-state index in [1.807, 2.05) is 12.1 Å². The van der Waals surface area contributed by atoms with E-state index in [1.54, 1.807) is 18.5 Å². The Bertz CT molecular complexity index is 1200. The molecule has 1 saturated heterocycles. The van der Waals surface area contributed by atoms with E-state index in [9.17, 15) is 14.0 Å². The van der Waals surface area contributed by atoms with Crippen LogP contribution in [-0.2, 0) is 21.5 Å². The van der Waals surface area contributed by atoms with Crippen molar-refractivity contribution in [2.75, 3.05) is 11.9 Å². The van der Waals surface area contributed by atoms with E-state index in [0.29, 0.717) is 48.1 Å². The molecule has 9 nitrogen and oxygen atoms in total. The molecular formula is C23H24FN7O2S. The minimum absolute atomic E-state index is 0.0940. The summed E-state index contributed by atoms with van der Waals surface area (Å²) in [5.41, 5.74) is 0.822. The van der Waals surface area contributed by atoms with E-state index in [1.165, 1.54) is 17.4 Å². The summed E-state index contributed by atoms with van der Waals surface area (Å²) < 4.78 is 14.3. The van der Waals surface area contributed by atoms with Crippen LogP contribution in [0.5, 0.6) is 0 Å². The molecule has 2 amide bonds. The fourth-order valence-corrected chi connectivity index (χ4v) is 5.11. The van der Waals surface area contributed by atoms with Gasteiger partial charge < -0.3 is 16.0 Å². The monoisotopic (exact) mass is 481 g/mol. The van der Waals surface area contributed by atoms with Gasteiger partial charge in [-0.3, -0.25) is 14.6 Å². The normalized spacial score (nSPS) is 18.7. The number of rotatable bonds is 8. The summed E-state index contributed by atoms with van der Waals surface area (Å²) >= 11 is 1.42. The Hall–Kier alpha value is -3.47. The van der Waals surface area contributed by atoms with E-state index in [-0.39, 0.29) is 23.0 Å². The van der Waals surface area contributed by atoms with Crippen molar-refractivity contribution in [1.29, 1.82) is 0 Å². The Morgan fingerprint density at radius 3 is 2.79 bits per heavy atom. The van der Waals surface area contributed by atoms with Crippen LogP contribution in [0.25, 0.3) is 10.7 Å². The number of aromatic nitrogens is 4. The van der Waals surface area contributed by atoms with Crippen LogP contribution >= 0.6 is 11.3 Å². The van der Waals surface area contributed by atoms with Gasteiger partial charge in [-0.15, -0.1) is 21.5 Å². The van der Waals surface area contributed by atoms with Crippen LogP contribution in [0.1, 0.15) is 42.7 Å². The highest BCUT2D eigenvalue weighted by Crippen LogP contribution is 2.43. The number of pyridine rings is 1. The van der Waals surface area contributed by atoms with Gasteiger partial charge in [-0.25, -0.2) is 9.37 Å². The summed E-state index contributed by atoms with van der Waals surface area (Å²) in [6, 6.07) is 6.26. The number of hydrogen-bond acceptors (Lipinski definition) is 8. The van der Waals surface area contributed by atoms with Crippen LogP contribution in [0.15, 0.2) is 36.7 Å². The van der Waals surface area contributed by atoms with Gasteiger partial charge in [-0.05, 0) is 43.5 Å². The van der Waals surface area contributed by atoms with Crippen molar-refractivity contribution in [3.63, 3.8) is 0 Å². The second-order valence-electron chi connectivity index (χ2n) is 8.63. The number of thiazole rings is 1. The summed E-state index contributed by atoms with van der Waals surface area (Å²) in [5, 5.41) is 18.0. The fraction of sp³-hybridized carbons (Fsp3) is 0.391. The van der Waals surface area contributed by atoms with Gasteiger partial charge in [-0.2, -0.15) is 0 Å². The standard InChI is InChI=1S/C23H24FN7O2S/c24-15-3-1-10-25-20(15)23(8-2-9-23)13-28-18-6-4-17(30-31-18)22-27-12-14(34-22)11-26-21(33)16-5-7-19(32)29-16/h1,3-4,6,10,12,16H,2,5,7-9,11,13H2,(H,26,33)(H,28,31)(H,29,32). The van der Waals surface area contributed by atoms with Crippen molar-refractivity contribution in [3.8, 4) is 10.7 Å². The van der Waals surface area contributed by atoms with Crippen LogP contribution in [-0.4, -0.2) is 44.6 Å². The van der Waals surface area contributed by atoms with Gasteiger partial charge in [0, 0.05) is 35.7 Å². The zero-order valence-corrected chi connectivity index (χ0v) is 19.2. The second kappa shape index (κ2) is 9.41. The lowest BCUT2D eigenvalue weighted by Gasteiger charge is -2.41. The Morgan fingerprint density at radius 2 is 2.12 bits per heavy atom. The summed E-state index contributed by atoms with van der Waals surface area (Å²) in [6.07, 6.45) is 7.04. The van der Waals surface area contributed by atoms with E-state index in [2.05, 4.69) is 36.1 Å². The average Bonchev–Trinajstić information content (AvgIpc) is 3.47. The summed E-state index contributed by atoms with van der Waals surface area (Å²) in [7, 11) is 0. The highest BCUT2D eigenvalue weighted by atomic mass is 32.1. The largest absolute Gasteiger partial charge is 0.368 e. The quantitative estimate of drug-likeness (QED) is 0.452. The fourth-order valence-electron chi connectivity index (χ4n) is 4.29. The zero-order valence-electron chi connectivity index (χ0n) is 18.4. The summed E-state index contributed by atoms with van der Waals surface area (Å²) in [5.74, 6) is 0.0533. The number of amides is 2. The van der Waals surface area contributed by atoms with E-state index >= 15 is 0 Å². The molecule has 0 radical (unpaired) electrons. The van der Waals surface area contributed by atoms with Gasteiger partial charge in [-0.1, -0.05) is 6.42 Å². The number of halogens is 1. The first-order valence-electron chi connectivity index (χ1n) is 11.2. The molecule has 3 N–H and O–H groups in total. The first kappa shape index (κ1) is 22.3. The van der Waals surface area contributed by atoms with Gasteiger partial charge >= 0.3 is 0 Å². The highest BCUT2D eigenvalue weighted by molar-refractivity contribution is 7.15. The maximum Gasteiger partial charge on any atom is 0.242 e. The molecule has 11 heteroatoms. The lowest BCUT2D eigenvalue weighted by Crippen LogP contribution is -2.42. The lowest BCUT2D eigenvalue weighted by molar-refractivity contribution is -0.125. The zero-order chi connectivity index (χ0) is 23.5.